The van der Waals surface area contributed by atoms with Gasteiger partial charge in [-0.3, -0.25) is 0 Å². The summed E-state index contributed by atoms with van der Waals surface area (Å²) in [6.07, 6.45) is -2.70. The molecule has 0 aliphatic rings. The molecule has 0 radical (unpaired) electrons. The largest absolute Gasteiger partial charge is 0.493 e. The van der Waals surface area contributed by atoms with Gasteiger partial charge >= 0.3 is 6.18 Å². The highest BCUT2D eigenvalue weighted by molar-refractivity contribution is 7.15. The smallest absolute Gasteiger partial charge is 0.416 e. The Bertz CT molecular complexity index is 1180. The number of furan rings is 1. The molecule has 0 spiro atoms. The summed E-state index contributed by atoms with van der Waals surface area (Å²) >= 11 is 1.51. The van der Waals surface area contributed by atoms with Gasteiger partial charge in [-0.15, -0.1) is 11.3 Å². The van der Waals surface area contributed by atoms with E-state index in [0.717, 1.165) is 44.4 Å². The van der Waals surface area contributed by atoms with Gasteiger partial charge in [-0.05, 0) is 36.2 Å². The van der Waals surface area contributed by atoms with Gasteiger partial charge in [0.25, 0.3) is 0 Å². The lowest BCUT2D eigenvalue weighted by atomic mass is 10.0. The number of ether oxygens (including phenoxy) is 1. The second-order valence-electron chi connectivity index (χ2n) is 7.83. The van der Waals surface area contributed by atoms with Gasteiger partial charge in [0.2, 0.25) is 0 Å². The average molecular weight is 446 g/mol. The van der Waals surface area contributed by atoms with Crippen molar-refractivity contribution in [2.75, 3.05) is 6.61 Å². The number of alkyl halides is 3. The first-order valence-corrected chi connectivity index (χ1v) is 10.8. The molecule has 4 rings (SSSR count). The number of thiazole rings is 1. The van der Waals surface area contributed by atoms with E-state index in [1.807, 2.05) is 24.3 Å². The van der Waals surface area contributed by atoms with Crippen molar-refractivity contribution in [2.45, 2.75) is 38.8 Å². The molecule has 7 heteroatoms. The minimum absolute atomic E-state index is 0.0744. The summed E-state index contributed by atoms with van der Waals surface area (Å²) in [5, 5.41) is 1.74. The van der Waals surface area contributed by atoms with Crippen molar-refractivity contribution in [3.05, 3.63) is 70.9 Å². The summed E-state index contributed by atoms with van der Waals surface area (Å²) in [5.41, 5.74) is 1.75. The van der Waals surface area contributed by atoms with Crippen LogP contribution in [0.3, 0.4) is 0 Å². The molecule has 1 atom stereocenters. The normalized spacial score (nSPS) is 13.1. The topological polar surface area (TPSA) is 35.3 Å². The van der Waals surface area contributed by atoms with Crippen LogP contribution in [-0.4, -0.2) is 11.6 Å². The van der Waals surface area contributed by atoms with Crippen LogP contribution < -0.4 is 4.74 Å². The van der Waals surface area contributed by atoms with Crippen LogP contribution in [0.15, 0.2) is 59.2 Å². The van der Waals surface area contributed by atoms with E-state index in [4.69, 9.17) is 14.1 Å². The van der Waals surface area contributed by atoms with E-state index in [0.29, 0.717) is 12.2 Å². The van der Waals surface area contributed by atoms with Crippen molar-refractivity contribution < 1.29 is 22.3 Å². The third-order valence-electron chi connectivity index (χ3n) is 5.06. The van der Waals surface area contributed by atoms with E-state index in [-0.39, 0.29) is 11.8 Å². The summed E-state index contributed by atoms with van der Waals surface area (Å²) in [5.74, 6) is 0.995. The summed E-state index contributed by atoms with van der Waals surface area (Å²) < 4.78 is 50.0. The molecule has 1 unspecified atom stereocenters. The quantitative estimate of drug-likeness (QED) is 0.303. The van der Waals surface area contributed by atoms with Crippen molar-refractivity contribution in [3.8, 4) is 16.3 Å². The first kappa shape index (κ1) is 21.4. The van der Waals surface area contributed by atoms with Crippen molar-refractivity contribution in [1.82, 2.24) is 4.98 Å². The molecule has 31 heavy (non-hydrogen) atoms. The minimum atomic E-state index is -4.35. The summed E-state index contributed by atoms with van der Waals surface area (Å²) in [4.78, 5) is 5.84. The van der Waals surface area contributed by atoms with Gasteiger partial charge in [0.05, 0.1) is 24.1 Å². The van der Waals surface area contributed by atoms with Gasteiger partial charge < -0.3 is 9.15 Å². The Hall–Kier alpha value is -2.80. The van der Waals surface area contributed by atoms with Crippen molar-refractivity contribution in [1.29, 1.82) is 0 Å². The number of aromatic nitrogens is 1. The van der Waals surface area contributed by atoms with E-state index in [2.05, 4.69) is 20.8 Å². The highest BCUT2D eigenvalue weighted by atomic mass is 32.1. The van der Waals surface area contributed by atoms with Gasteiger partial charge in [-0.2, -0.15) is 13.2 Å². The molecule has 3 nitrogen and oxygen atoms in total. The molecule has 162 valence electrons. The van der Waals surface area contributed by atoms with Crippen molar-refractivity contribution in [3.63, 3.8) is 0 Å². The van der Waals surface area contributed by atoms with E-state index in [9.17, 15) is 13.2 Å². The van der Waals surface area contributed by atoms with Crippen molar-refractivity contribution >= 4 is 22.3 Å². The van der Waals surface area contributed by atoms with Gasteiger partial charge in [0.15, 0.2) is 0 Å². The summed E-state index contributed by atoms with van der Waals surface area (Å²) in [7, 11) is 0. The van der Waals surface area contributed by atoms with Gasteiger partial charge in [0.1, 0.15) is 16.3 Å². The maximum atomic E-state index is 12.9. The highest BCUT2D eigenvalue weighted by Crippen LogP contribution is 2.38. The van der Waals surface area contributed by atoms with E-state index >= 15 is 0 Å². The lowest BCUT2D eigenvalue weighted by molar-refractivity contribution is -0.137. The molecule has 0 saturated carbocycles. The SMILES string of the molecule is CC(C)c1nc(-c2ccc(C(F)(F)F)cc2)sc1C(C)COc1ccc2ccoc2c1. The maximum Gasteiger partial charge on any atom is 0.416 e. The number of rotatable bonds is 6. The Balaban J connectivity index is 1.54. The molecule has 0 fully saturated rings. The fraction of sp³-hybridized carbons (Fsp3) is 0.292. The Labute approximate surface area is 182 Å². The van der Waals surface area contributed by atoms with Crippen LogP contribution in [0.2, 0.25) is 0 Å². The number of benzene rings is 2. The predicted octanol–water partition coefficient (Wildman–Crippen LogP) is 7.88. The number of hydrogen-bond acceptors (Lipinski definition) is 4. The molecule has 4 aromatic rings. The maximum absolute atomic E-state index is 12.9. The lowest BCUT2D eigenvalue weighted by Crippen LogP contribution is -2.08. The third kappa shape index (κ3) is 4.61. The Morgan fingerprint density at radius 2 is 1.77 bits per heavy atom. The van der Waals surface area contributed by atoms with Crippen LogP contribution in [0.5, 0.6) is 5.75 Å². The molecule has 0 aliphatic heterocycles. The molecule has 0 aliphatic carbocycles. The second-order valence-corrected chi connectivity index (χ2v) is 8.86. The molecular formula is C24H22F3NO2S. The van der Waals surface area contributed by atoms with Crippen LogP contribution in [0, 0.1) is 0 Å². The first-order chi connectivity index (χ1) is 14.7. The zero-order valence-corrected chi connectivity index (χ0v) is 18.2. The fourth-order valence-corrected chi connectivity index (χ4v) is 4.62. The Morgan fingerprint density at radius 1 is 1.03 bits per heavy atom. The fourth-order valence-electron chi connectivity index (χ4n) is 3.36. The van der Waals surface area contributed by atoms with Gasteiger partial charge in [-0.1, -0.05) is 32.9 Å². The molecule has 0 bridgehead atoms. The molecular weight excluding hydrogens is 423 g/mol. The minimum Gasteiger partial charge on any atom is -0.493 e. The Morgan fingerprint density at radius 3 is 2.45 bits per heavy atom. The zero-order valence-electron chi connectivity index (χ0n) is 17.4. The van der Waals surface area contributed by atoms with Gasteiger partial charge in [-0.25, -0.2) is 4.98 Å². The second kappa shape index (κ2) is 8.38. The van der Waals surface area contributed by atoms with Crippen LogP contribution in [0.1, 0.15) is 48.7 Å². The molecule has 0 N–H and O–H groups in total. The summed E-state index contributed by atoms with van der Waals surface area (Å²) in [6.45, 7) is 6.66. The molecule has 0 saturated heterocycles. The standard InChI is InChI=1S/C24H22F3NO2S/c1-14(2)21-22(15(3)13-30-19-9-6-16-10-11-29-20(16)12-19)31-23(28-21)17-4-7-18(8-5-17)24(25,26)27/h4-12,14-15H,13H2,1-3H3. The van der Waals surface area contributed by atoms with Crippen LogP contribution in [0.25, 0.3) is 21.5 Å². The average Bonchev–Trinajstić information content (AvgIpc) is 3.38. The molecule has 2 aromatic heterocycles. The molecule has 0 amide bonds. The van der Waals surface area contributed by atoms with E-state index in [1.165, 1.54) is 23.5 Å². The van der Waals surface area contributed by atoms with E-state index < -0.39 is 11.7 Å². The molecule has 2 heterocycles. The number of hydrogen-bond donors (Lipinski definition) is 0. The lowest BCUT2D eigenvalue weighted by Gasteiger charge is -2.14. The first-order valence-electron chi connectivity index (χ1n) is 10.0. The van der Waals surface area contributed by atoms with Crippen LogP contribution in [0.4, 0.5) is 13.2 Å². The Kier molecular flexibility index (Phi) is 5.79. The third-order valence-corrected chi connectivity index (χ3v) is 6.41. The van der Waals surface area contributed by atoms with Crippen LogP contribution >= 0.6 is 11.3 Å². The van der Waals surface area contributed by atoms with Gasteiger partial charge in [0, 0.05) is 27.8 Å². The molecule has 2 aromatic carbocycles. The number of fused-ring (bicyclic) bond motifs is 1. The summed E-state index contributed by atoms with van der Waals surface area (Å²) in [6, 6.07) is 12.8. The predicted molar refractivity (Wildman–Crippen MR) is 117 cm³/mol. The van der Waals surface area contributed by atoms with Crippen LogP contribution in [-0.2, 0) is 6.18 Å². The number of nitrogens with zero attached hydrogens (tertiary/aromatic N) is 1. The van der Waals surface area contributed by atoms with Crippen molar-refractivity contribution in [2.24, 2.45) is 0 Å². The zero-order chi connectivity index (χ0) is 22.2. The van der Waals surface area contributed by atoms with E-state index in [1.54, 1.807) is 6.26 Å². The monoisotopic (exact) mass is 445 g/mol. The highest BCUT2D eigenvalue weighted by Gasteiger charge is 2.30. The number of halogens is 3.